The highest BCUT2D eigenvalue weighted by Crippen LogP contribution is 2.28. The van der Waals surface area contributed by atoms with Crippen molar-refractivity contribution in [1.82, 2.24) is 19.5 Å². The minimum absolute atomic E-state index is 0.0168. The molecule has 2 fully saturated rings. The summed E-state index contributed by atoms with van der Waals surface area (Å²) in [5.41, 5.74) is 0.940. The first-order valence-corrected chi connectivity index (χ1v) is 12.9. The van der Waals surface area contributed by atoms with Gasteiger partial charge >= 0.3 is 0 Å². The van der Waals surface area contributed by atoms with Crippen LogP contribution in [0.25, 0.3) is 0 Å². The Kier molecular flexibility index (Phi) is 7.39. The van der Waals surface area contributed by atoms with Gasteiger partial charge in [-0.1, -0.05) is 30.7 Å². The van der Waals surface area contributed by atoms with E-state index in [-0.39, 0.29) is 22.6 Å². The molecule has 1 unspecified atom stereocenters. The molecule has 176 valence electrons. The number of carbonyl (C=O) groups excluding carboxylic acids is 2. The molecule has 33 heavy (non-hydrogen) atoms. The number of piperidine rings is 2. The fourth-order valence-electron chi connectivity index (χ4n) is 4.58. The Labute approximate surface area is 195 Å². The van der Waals surface area contributed by atoms with Crippen molar-refractivity contribution in [2.45, 2.75) is 49.6 Å². The van der Waals surface area contributed by atoms with E-state index in [0.717, 1.165) is 18.4 Å². The number of nitrogens with zero attached hydrogens (tertiary/aromatic N) is 3. The normalized spacial score (nSPS) is 20.4. The van der Waals surface area contributed by atoms with Crippen molar-refractivity contribution in [3.8, 4) is 0 Å². The highest BCUT2D eigenvalue weighted by Gasteiger charge is 2.40. The van der Waals surface area contributed by atoms with E-state index in [4.69, 9.17) is 0 Å². The average Bonchev–Trinajstić information content (AvgIpc) is 2.88. The Hall–Kier alpha value is -2.78. The van der Waals surface area contributed by atoms with Crippen LogP contribution in [0, 0.1) is 5.92 Å². The van der Waals surface area contributed by atoms with Crippen LogP contribution in [0.2, 0.25) is 0 Å². The number of rotatable bonds is 6. The van der Waals surface area contributed by atoms with Gasteiger partial charge in [0.1, 0.15) is 6.04 Å². The zero-order valence-electron chi connectivity index (χ0n) is 18.6. The number of hydrogen-bond donors (Lipinski definition) is 1. The number of sulfonamides is 1. The van der Waals surface area contributed by atoms with Crippen LogP contribution >= 0.6 is 0 Å². The summed E-state index contributed by atoms with van der Waals surface area (Å²) >= 11 is 0. The van der Waals surface area contributed by atoms with Crippen molar-refractivity contribution in [2.24, 2.45) is 5.92 Å². The molecular weight excluding hydrogens is 440 g/mol. The van der Waals surface area contributed by atoms with E-state index < -0.39 is 16.1 Å². The number of carbonyl (C=O) groups is 2. The average molecular weight is 471 g/mol. The van der Waals surface area contributed by atoms with Crippen LogP contribution in [0.4, 0.5) is 0 Å². The maximum absolute atomic E-state index is 13.3. The van der Waals surface area contributed by atoms with E-state index >= 15 is 0 Å². The second-order valence-corrected chi connectivity index (χ2v) is 10.5. The van der Waals surface area contributed by atoms with E-state index in [9.17, 15) is 18.0 Å². The van der Waals surface area contributed by atoms with Gasteiger partial charge in [0, 0.05) is 44.5 Å². The number of hydrogen-bond acceptors (Lipinski definition) is 5. The third kappa shape index (κ3) is 5.42. The second-order valence-electron chi connectivity index (χ2n) is 8.62. The minimum Gasteiger partial charge on any atom is -0.352 e. The maximum atomic E-state index is 13.3. The summed E-state index contributed by atoms with van der Waals surface area (Å²) in [7, 11) is -3.74. The van der Waals surface area contributed by atoms with E-state index in [2.05, 4.69) is 10.3 Å². The van der Waals surface area contributed by atoms with E-state index in [0.29, 0.717) is 45.4 Å². The van der Waals surface area contributed by atoms with Gasteiger partial charge in [-0.3, -0.25) is 14.6 Å². The van der Waals surface area contributed by atoms with Gasteiger partial charge in [0.2, 0.25) is 21.8 Å². The van der Waals surface area contributed by atoms with Crippen molar-refractivity contribution in [3.63, 3.8) is 0 Å². The van der Waals surface area contributed by atoms with Gasteiger partial charge in [-0.05, 0) is 49.4 Å². The van der Waals surface area contributed by atoms with Crippen LogP contribution < -0.4 is 5.32 Å². The Morgan fingerprint density at radius 2 is 1.73 bits per heavy atom. The number of benzene rings is 1. The summed E-state index contributed by atoms with van der Waals surface area (Å²) in [6.45, 7) is 1.69. The van der Waals surface area contributed by atoms with Crippen molar-refractivity contribution >= 4 is 21.8 Å². The van der Waals surface area contributed by atoms with Crippen molar-refractivity contribution < 1.29 is 18.0 Å². The molecule has 2 aliphatic rings. The van der Waals surface area contributed by atoms with Gasteiger partial charge in [-0.2, -0.15) is 4.31 Å². The van der Waals surface area contributed by atoms with E-state index in [1.54, 1.807) is 47.6 Å². The lowest BCUT2D eigenvalue weighted by atomic mass is 9.94. The molecule has 9 heteroatoms. The topological polar surface area (TPSA) is 99.7 Å². The minimum atomic E-state index is -3.74. The molecular formula is C24H30N4O4S. The van der Waals surface area contributed by atoms with Crippen LogP contribution in [0.3, 0.4) is 0 Å². The number of amides is 2. The Balaban J connectivity index is 1.35. The van der Waals surface area contributed by atoms with E-state index in [1.165, 1.54) is 4.31 Å². The van der Waals surface area contributed by atoms with Crippen molar-refractivity contribution in [2.75, 3.05) is 19.6 Å². The van der Waals surface area contributed by atoms with Crippen molar-refractivity contribution in [1.29, 1.82) is 0 Å². The first-order valence-electron chi connectivity index (χ1n) is 11.5. The predicted molar refractivity (Wildman–Crippen MR) is 123 cm³/mol. The number of aromatic nitrogens is 1. The molecule has 8 nitrogen and oxygen atoms in total. The summed E-state index contributed by atoms with van der Waals surface area (Å²) in [4.78, 5) is 31.9. The molecule has 1 N–H and O–H groups in total. The lowest BCUT2D eigenvalue weighted by Crippen LogP contribution is -2.54. The molecule has 3 heterocycles. The summed E-state index contributed by atoms with van der Waals surface area (Å²) in [5.74, 6) is -0.318. The highest BCUT2D eigenvalue weighted by molar-refractivity contribution is 7.89. The zero-order valence-corrected chi connectivity index (χ0v) is 19.4. The molecule has 2 aromatic rings. The number of nitrogens with one attached hydrogen (secondary N) is 1. The lowest BCUT2D eigenvalue weighted by molar-refractivity contribution is -0.139. The molecule has 0 spiro atoms. The SMILES string of the molecule is O=C(NCc1cccnc1)C1CCN(C(=O)C2CCCCN2S(=O)(=O)c2ccccc2)CC1. The molecule has 4 rings (SSSR count). The number of likely N-dealkylation sites (tertiary alicyclic amines) is 1. The van der Waals surface area contributed by atoms with Gasteiger partial charge in [-0.15, -0.1) is 0 Å². The van der Waals surface area contributed by atoms with Gasteiger partial charge in [0.25, 0.3) is 0 Å². The molecule has 2 aliphatic heterocycles. The molecule has 2 saturated heterocycles. The van der Waals surface area contributed by atoms with Gasteiger partial charge in [-0.25, -0.2) is 8.42 Å². The smallest absolute Gasteiger partial charge is 0.243 e. The molecule has 1 atom stereocenters. The van der Waals surface area contributed by atoms with Gasteiger partial charge in [0.15, 0.2) is 0 Å². The first-order chi connectivity index (χ1) is 16.0. The fourth-order valence-corrected chi connectivity index (χ4v) is 6.25. The highest BCUT2D eigenvalue weighted by atomic mass is 32.2. The molecule has 2 amide bonds. The third-order valence-corrected chi connectivity index (χ3v) is 8.38. The van der Waals surface area contributed by atoms with E-state index in [1.807, 2.05) is 12.1 Å². The molecule has 1 aromatic heterocycles. The third-order valence-electron chi connectivity index (χ3n) is 6.46. The van der Waals surface area contributed by atoms with Crippen LogP contribution in [-0.4, -0.2) is 60.1 Å². The fraction of sp³-hybridized carbons (Fsp3) is 0.458. The van der Waals surface area contributed by atoms with Gasteiger partial charge in [0.05, 0.1) is 4.90 Å². The largest absolute Gasteiger partial charge is 0.352 e. The first kappa shape index (κ1) is 23.4. The Bertz CT molecular complexity index is 1050. The van der Waals surface area contributed by atoms with Gasteiger partial charge < -0.3 is 10.2 Å². The molecule has 0 saturated carbocycles. The van der Waals surface area contributed by atoms with Crippen LogP contribution in [0.1, 0.15) is 37.7 Å². The van der Waals surface area contributed by atoms with Crippen LogP contribution in [0.5, 0.6) is 0 Å². The molecule has 0 bridgehead atoms. The monoisotopic (exact) mass is 470 g/mol. The summed E-state index contributed by atoms with van der Waals surface area (Å²) in [6, 6.07) is 11.4. The quantitative estimate of drug-likeness (QED) is 0.698. The summed E-state index contributed by atoms with van der Waals surface area (Å²) in [5, 5.41) is 2.95. The predicted octanol–water partition coefficient (Wildman–Crippen LogP) is 2.18. The number of pyridine rings is 1. The Morgan fingerprint density at radius 3 is 2.42 bits per heavy atom. The molecule has 0 aliphatic carbocycles. The zero-order chi connectivity index (χ0) is 23.3. The second kappa shape index (κ2) is 10.4. The maximum Gasteiger partial charge on any atom is 0.243 e. The van der Waals surface area contributed by atoms with Crippen LogP contribution in [0.15, 0.2) is 59.8 Å². The molecule has 1 aromatic carbocycles. The Morgan fingerprint density at radius 1 is 0.970 bits per heavy atom. The van der Waals surface area contributed by atoms with Crippen molar-refractivity contribution in [3.05, 3.63) is 60.4 Å². The van der Waals surface area contributed by atoms with Crippen LogP contribution in [-0.2, 0) is 26.2 Å². The lowest BCUT2D eigenvalue weighted by Gasteiger charge is -2.39. The molecule has 0 radical (unpaired) electrons. The summed E-state index contributed by atoms with van der Waals surface area (Å²) in [6.07, 6.45) is 6.65. The summed E-state index contributed by atoms with van der Waals surface area (Å²) < 4.78 is 27.8. The standard InChI is InChI=1S/C24H30N4O4S/c29-23(26-18-19-7-6-13-25-17-19)20-11-15-27(16-12-20)24(30)22-10-4-5-14-28(22)33(31,32)21-8-2-1-3-9-21/h1-3,6-9,13,17,20,22H,4-5,10-12,14-16,18H2,(H,26,29).